The third-order valence-corrected chi connectivity index (χ3v) is 4.52. The molecule has 4 aromatic rings. The lowest BCUT2D eigenvalue weighted by Crippen LogP contribution is -2.37. The Bertz CT molecular complexity index is 1110. The van der Waals surface area contributed by atoms with Crippen LogP contribution in [-0.2, 0) is 4.74 Å². The fraction of sp³-hybridized carbons (Fsp3) is 0.211. The zero-order chi connectivity index (χ0) is 18.1. The van der Waals surface area contributed by atoms with Crippen molar-refractivity contribution < 1.29 is 4.74 Å². The van der Waals surface area contributed by atoms with Crippen LogP contribution in [0.2, 0.25) is 0 Å². The summed E-state index contributed by atoms with van der Waals surface area (Å²) in [5.74, 6) is 1.33. The number of hydrogen-bond donors (Lipinski definition) is 1. The molecule has 0 saturated carbocycles. The predicted octanol–water partition coefficient (Wildman–Crippen LogP) is 2.55. The number of aromatic nitrogens is 5. The molecule has 1 aliphatic rings. The zero-order valence-corrected chi connectivity index (χ0v) is 14.5. The largest absolute Gasteiger partial charge is 0.378 e. The maximum absolute atomic E-state index is 5.41. The molecule has 8 heteroatoms. The van der Waals surface area contributed by atoms with Crippen molar-refractivity contribution in [1.29, 1.82) is 0 Å². The summed E-state index contributed by atoms with van der Waals surface area (Å²) in [5.41, 5.74) is 3.27. The molecule has 0 spiro atoms. The number of anilines is 3. The Labute approximate surface area is 155 Å². The van der Waals surface area contributed by atoms with Crippen molar-refractivity contribution in [3.05, 3.63) is 49.1 Å². The third-order valence-electron chi connectivity index (χ3n) is 4.52. The molecule has 0 atom stereocenters. The summed E-state index contributed by atoms with van der Waals surface area (Å²) in [6, 6.07) is 9.96. The number of benzene rings is 1. The number of ether oxygens (including phenoxy) is 1. The molecule has 0 bridgehead atoms. The molecule has 1 fully saturated rings. The van der Waals surface area contributed by atoms with E-state index in [1.165, 1.54) is 6.33 Å². The molecular formula is C19H17N7O. The predicted molar refractivity (Wildman–Crippen MR) is 103 cm³/mol. The first-order valence-corrected chi connectivity index (χ1v) is 8.79. The first-order valence-electron chi connectivity index (χ1n) is 8.79. The molecule has 27 heavy (non-hydrogen) atoms. The monoisotopic (exact) mass is 359 g/mol. The Morgan fingerprint density at radius 2 is 1.89 bits per heavy atom. The van der Waals surface area contributed by atoms with Gasteiger partial charge in [-0.1, -0.05) is 6.07 Å². The minimum atomic E-state index is 0.653. The SMILES string of the molecule is c1cnc2ccc(Nc3ncnc4cnc(N5CCOCC5)nc34)cc2c1. The topological polar surface area (TPSA) is 89.0 Å². The maximum atomic E-state index is 5.41. The van der Waals surface area contributed by atoms with E-state index >= 15 is 0 Å². The lowest BCUT2D eigenvalue weighted by molar-refractivity contribution is 0.122. The number of pyridine rings is 1. The van der Waals surface area contributed by atoms with E-state index in [0.717, 1.165) is 29.7 Å². The second-order valence-corrected chi connectivity index (χ2v) is 6.26. The Morgan fingerprint density at radius 3 is 2.81 bits per heavy atom. The smallest absolute Gasteiger partial charge is 0.226 e. The standard InChI is InChI=1S/C19H17N7O/c1-2-13-10-14(3-4-15(13)20-5-1)24-18-17-16(22-12-23-18)11-21-19(25-17)26-6-8-27-9-7-26/h1-5,10-12H,6-9H2,(H,22,23,24). The summed E-state index contributed by atoms with van der Waals surface area (Å²) in [6.07, 6.45) is 5.05. The molecule has 8 nitrogen and oxygen atoms in total. The molecule has 4 heterocycles. The molecule has 1 saturated heterocycles. The van der Waals surface area contributed by atoms with Gasteiger partial charge >= 0.3 is 0 Å². The van der Waals surface area contributed by atoms with Crippen molar-refractivity contribution in [3.63, 3.8) is 0 Å². The van der Waals surface area contributed by atoms with Gasteiger partial charge in [-0.15, -0.1) is 0 Å². The Morgan fingerprint density at radius 1 is 0.963 bits per heavy atom. The van der Waals surface area contributed by atoms with Crippen LogP contribution >= 0.6 is 0 Å². The second kappa shape index (κ2) is 6.73. The van der Waals surface area contributed by atoms with Crippen LogP contribution in [0.1, 0.15) is 0 Å². The second-order valence-electron chi connectivity index (χ2n) is 6.26. The molecular weight excluding hydrogens is 342 g/mol. The van der Waals surface area contributed by atoms with Gasteiger partial charge < -0.3 is 15.0 Å². The van der Waals surface area contributed by atoms with Crippen molar-refractivity contribution in [2.75, 3.05) is 36.5 Å². The first kappa shape index (κ1) is 15.8. The van der Waals surface area contributed by atoms with Crippen LogP contribution in [0, 0.1) is 0 Å². The minimum absolute atomic E-state index is 0.653. The van der Waals surface area contributed by atoms with Gasteiger partial charge in [-0.2, -0.15) is 0 Å². The van der Waals surface area contributed by atoms with E-state index in [1.54, 1.807) is 12.4 Å². The number of nitrogens with zero attached hydrogens (tertiary/aromatic N) is 6. The Kier molecular flexibility index (Phi) is 3.95. The van der Waals surface area contributed by atoms with E-state index in [9.17, 15) is 0 Å². The highest BCUT2D eigenvalue weighted by Gasteiger charge is 2.16. The molecule has 1 aromatic carbocycles. The van der Waals surface area contributed by atoms with Crippen LogP contribution in [0.5, 0.6) is 0 Å². The van der Waals surface area contributed by atoms with Crippen LogP contribution in [0.3, 0.4) is 0 Å². The molecule has 0 aliphatic carbocycles. The quantitative estimate of drug-likeness (QED) is 0.597. The van der Waals surface area contributed by atoms with Gasteiger partial charge in [0.2, 0.25) is 5.95 Å². The fourth-order valence-corrected chi connectivity index (χ4v) is 3.14. The average molecular weight is 359 g/mol. The van der Waals surface area contributed by atoms with E-state index in [1.807, 2.05) is 30.3 Å². The number of fused-ring (bicyclic) bond motifs is 2. The van der Waals surface area contributed by atoms with Crippen molar-refractivity contribution in [2.45, 2.75) is 0 Å². The van der Waals surface area contributed by atoms with Gasteiger partial charge in [0.1, 0.15) is 17.4 Å². The van der Waals surface area contributed by atoms with Crippen LogP contribution in [0.15, 0.2) is 49.1 Å². The van der Waals surface area contributed by atoms with Crippen LogP contribution in [0.25, 0.3) is 21.9 Å². The molecule has 0 amide bonds. The summed E-state index contributed by atoms with van der Waals surface area (Å²) in [6.45, 7) is 2.92. The minimum Gasteiger partial charge on any atom is -0.378 e. The molecule has 0 radical (unpaired) electrons. The molecule has 5 rings (SSSR count). The Balaban J connectivity index is 1.52. The number of morpholine rings is 1. The van der Waals surface area contributed by atoms with E-state index in [4.69, 9.17) is 9.72 Å². The molecule has 134 valence electrons. The van der Waals surface area contributed by atoms with Gasteiger partial charge in [0.25, 0.3) is 0 Å². The molecule has 3 aromatic heterocycles. The van der Waals surface area contributed by atoms with Gasteiger partial charge in [0, 0.05) is 30.4 Å². The van der Waals surface area contributed by atoms with E-state index in [2.05, 4.69) is 30.2 Å². The van der Waals surface area contributed by atoms with Gasteiger partial charge in [-0.25, -0.2) is 19.9 Å². The summed E-state index contributed by atoms with van der Waals surface area (Å²) in [5, 5.41) is 4.42. The third kappa shape index (κ3) is 3.11. The van der Waals surface area contributed by atoms with Crippen LogP contribution in [-0.4, -0.2) is 51.2 Å². The van der Waals surface area contributed by atoms with Crippen molar-refractivity contribution in [3.8, 4) is 0 Å². The van der Waals surface area contributed by atoms with Crippen molar-refractivity contribution in [2.24, 2.45) is 0 Å². The molecule has 1 aliphatic heterocycles. The van der Waals surface area contributed by atoms with Crippen molar-refractivity contribution >= 4 is 39.4 Å². The van der Waals surface area contributed by atoms with E-state index < -0.39 is 0 Å². The lowest BCUT2D eigenvalue weighted by Gasteiger charge is -2.26. The first-order chi connectivity index (χ1) is 13.4. The normalized spacial score (nSPS) is 14.6. The van der Waals surface area contributed by atoms with Gasteiger partial charge in [0.05, 0.1) is 24.9 Å². The summed E-state index contributed by atoms with van der Waals surface area (Å²) < 4.78 is 5.41. The highest BCUT2D eigenvalue weighted by molar-refractivity contribution is 5.89. The number of hydrogen-bond acceptors (Lipinski definition) is 8. The van der Waals surface area contributed by atoms with Gasteiger partial charge in [-0.05, 0) is 24.3 Å². The van der Waals surface area contributed by atoms with Crippen molar-refractivity contribution in [1.82, 2.24) is 24.9 Å². The fourth-order valence-electron chi connectivity index (χ4n) is 3.14. The number of rotatable bonds is 3. The number of nitrogens with one attached hydrogen (secondary N) is 1. The highest BCUT2D eigenvalue weighted by atomic mass is 16.5. The lowest BCUT2D eigenvalue weighted by atomic mass is 10.2. The summed E-state index contributed by atoms with van der Waals surface area (Å²) in [7, 11) is 0. The highest BCUT2D eigenvalue weighted by Crippen LogP contribution is 2.25. The van der Waals surface area contributed by atoms with Crippen LogP contribution in [0.4, 0.5) is 17.5 Å². The van der Waals surface area contributed by atoms with Gasteiger partial charge in [-0.3, -0.25) is 4.98 Å². The summed E-state index contributed by atoms with van der Waals surface area (Å²) in [4.78, 5) is 24.3. The maximum Gasteiger partial charge on any atom is 0.226 e. The van der Waals surface area contributed by atoms with Crippen LogP contribution < -0.4 is 10.2 Å². The summed E-state index contributed by atoms with van der Waals surface area (Å²) >= 11 is 0. The molecule has 1 N–H and O–H groups in total. The van der Waals surface area contributed by atoms with E-state index in [-0.39, 0.29) is 0 Å². The van der Waals surface area contributed by atoms with E-state index in [0.29, 0.717) is 36.0 Å². The van der Waals surface area contributed by atoms with Gasteiger partial charge in [0.15, 0.2) is 5.82 Å². The average Bonchev–Trinajstić information content (AvgIpc) is 2.74. The zero-order valence-electron chi connectivity index (χ0n) is 14.5. The Hall–Kier alpha value is -3.39. The molecule has 0 unspecified atom stereocenters.